The Labute approximate surface area is 171 Å². The third-order valence-electron chi connectivity index (χ3n) is 4.80. The van der Waals surface area contributed by atoms with Crippen LogP contribution in [0.1, 0.15) is 56.3 Å². The Bertz CT molecular complexity index is 846. The van der Waals surface area contributed by atoms with Crippen LogP contribution in [0.25, 0.3) is 0 Å². The van der Waals surface area contributed by atoms with Crippen molar-refractivity contribution in [3.63, 3.8) is 0 Å². The predicted octanol–water partition coefficient (Wildman–Crippen LogP) is 0.925. The fourth-order valence-electron chi connectivity index (χ4n) is 3.16. The molecule has 10 heteroatoms. The molecule has 3 N–H and O–H groups in total. The number of carbonyl (C=O) groups excluding carboxylic acids is 3. The molecule has 0 unspecified atom stereocenters. The van der Waals surface area contributed by atoms with E-state index in [-0.39, 0.29) is 22.5 Å². The van der Waals surface area contributed by atoms with E-state index >= 15 is 0 Å². The van der Waals surface area contributed by atoms with Gasteiger partial charge in [0.05, 0.1) is 4.90 Å². The number of hydrogen-bond acceptors (Lipinski definition) is 5. The molecule has 0 bridgehead atoms. The zero-order valence-electron chi connectivity index (χ0n) is 16.9. The van der Waals surface area contributed by atoms with E-state index in [9.17, 15) is 22.8 Å². The Kier molecular flexibility index (Phi) is 7.74. The first-order valence-corrected chi connectivity index (χ1v) is 11.1. The normalized spacial score (nSPS) is 15.2. The summed E-state index contributed by atoms with van der Waals surface area (Å²) in [6.07, 6.45) is 4.86. The van der Waals surface area contributed by atoms with Crippen LogP contribution in [0.3, 0.4) is 0 Å². The van der Waals surface area contributed by atoms with Crippen molar-refractivity contribution < 1.29 is 22.8 Å². The first kappa shape index (κ1) is 22.8. The van der Waals surface area contributed by atoms with Crippen LogP contribution >= 0.6 is 0 Å². The molecule has 1 fully saturated rings. The van der Waals surface area contributed by atoms with Crippen molar-refractivity contribution in [1.29, 1.82) is 0 Å². The first-order chi connectivity index (χ1) is 13.6. The molecule has 9 nitrogen and oxygen atoms in total. The smallest absolute Gasteiger partial charge is 0.327 e. The number of hydrogen-bond donors (Lipinski definition) is 3. The maximum Gasteiger partial charge on any atom is 0.327 e. The fourth-order valence-corrected chi connectivity index (χ4v) is 4.57. The highest BCUT2D eigenvalue weighted by Crippen LogP contribution is 2.26. The van der Waals surface area contributed by atoms with Gasteiger partial charge in [-0.3, -0.25) is 25.2 Å². The van der Waals surface area contributed by atoms with Crippen molar-refractivity contribution in [2.75, 3.05) is 7.05 Å². The number of sulfonamides is 1. The van der Waals surface area contributed by atoms with Crippen LogP contribution in [0, 0.1) is 0 Å². The summed E-state index contributed by atoms with van der Waals surface area (Å²) in [6.45, 7) is 3.40. The topological polar surface area (TPSA) is 125 Å². The van der Waals surface area contributed by atoms with Crippen LogP contribution in [0.2, 0.25) is 0 Å². The van der Waals surface area contributed by atoms with Gasteiger partial charge in [0.15, 0.2) is 0 Å². The number of hydrazine groups is 1. The summed E-state index contributed by atoms with van der Waals surface area (Å²) in [6, 6.07) is 5.21. The minimum absolute atomic E-state index is 0.0103. The second-order valence-corrected chi connectivity index (χ2v) is 9.37. The Balaban J connectivity index is 1.99. The molecule has 0 spiro atoms. The third-order valence-corrected chi connectivity index (χ3v) is 6.72. The van der Waals surface area contributed by atoms with Gasteiger partial charge < -0.3 is 5.32 Å². The van der Waals surface area contributed by atoms with E-state index in [2.05, 4.69) is 10.7 Å². The average Bonchev–Trinajstić information content (AvgIpc) is 2.71. The zero-order valence-corrected chi connectivity index (χ0v) is 17.7. The molecule has 0 saturated heterocycles. The van der Waals surface area contributed by atoms with Crippen LogP contribution in [0.15, 0.2) is 29.2 Å². The number of nitrogens with zero attached hydrogens (tertiary/aromatic N) is 1. The summed E-state index contributed by atoms with van der Waals surface area (Å²) >= 11 is 0. The summed E-state index contributed by atoms with van der Waals surface area (Å²) in [4.78, 5) is 35.3. The highest BCUT2D eigenvalue weighted by atomic mass is 32.2. The quantitative estimate of drug-likeness (QED) is 0.479. The molecule has 1 aromatic carbocycles. The Morgan fingerprint density at radius 1 is 0.966 bits per heavy atom. The molecule has 0 atom stereocenters. The molecule has 0 aromatic heterocycles. The molecule has 2 rings (SSSR count). The molecule has 1 aliphatic carbocycles. The lowest BCUT2D eigenvalue weighted by Gasteiger charge is -2.30. The van der Waals surface area contributed by atoms with Crippen molar-refractivity contribution in [1.82, 2.24) is 20.5 Å². The minimum Gasteiger partial charge on any atom is -0.346 e. The molecule has 160 valence electrons. The Hall–Kier alpha value is -2.46. The summed E-state index contributed by atoms with van der Waals surface area (Å²) in [7, 11) is -2.06. The molecule has 1 aromatic rings. The first-order valence-electron chi connectivity index (χ1n) is 9.62. The van der Waals surface area contributed by atoms with Gasteiger partial charge in [0.2, 0.25) is 10.0 Å². The monoisotopic (exact) mass is 424 g/mol. The zero-order chi connectivity index (χ0) is 21.6. The van der Waals surface area contributed by atoms with Crippen molar-refractivity contribution in [2.45, 2.75) is 62.9 Å². The van der Waals surface area contributed by atoms with Gasteiger partial charge in [-0.05, 0) is 51.0 Å². The average molecular weight is 425 g/mol. The van der Waals surface area contributed by atoms with E-state index in [1.54, 1.807) is 20.9 Å². The molecule has 1 saturated carbocycles. The highest BCUT2D eigenvalue weighted by molar-refractivity contribution is 7.89. The molecular weight excluding hydrogens is 396 g/mol. The largest absolute Gasteiger partial charge is 0.346 e. The summed E-state index contributed by atoms with van der Waals surface area (Å²) in [5.41, 5.74) is 4.29. The number of benzene rings is 1. The van der Waals surface area contributed by atoms with E-state index < -0.39 is 27.7 Å². The van der Waals surface area contributed by atoms with Crippen LogP contribution in [-0.4, -0.2) is 49.6 Å². The fraction of sp³-hybridized carbons (Fsp3) is 0.526. The van der Waals surface area contributed by atoms with Crippen molar-refractivity contribution in [3.05, 3.63) is 29.8 Å². The van der Waals surface area contributed by atoms with Crippen LogP contribution in [0.5, 0.6) is 0 Å². The highest BCUT2D eigenvalue weighted by Gasteiger charge is 2.29. The van der Waals surface area contributed by atoms with Gasteiger partial charge in [-0.2, -0.15) is 4.31 Å². The minimum atomic E-state index is -3.65. The van der Waals surface area contributed by atoms with E-state index in [0.29, 0.717) is 0 Å². The lowest BCUT2D eigenvalue weighted by Crippen LogP contribution is -2.49. The van der Waals surface area contributed by atoms with Gasteiger partial charge in [-0.25, -0.2) is 8.42 Å². The van der Waals surface area contributed by atoms with Gasteiger partial charge >= 0.3 is 11.8 Å². The van der Waals surface area contributed by atoms with Gasteiger partial charge in [0.1, 0.15) is 0 Å². The molecule has 0 aliphatic heterocycles. The standard InChI is InChI=1S/C19H28N4O5S/c1-13(2)20-18(25)19(26)22-21-17(24)14-9-11-16(12-10-14)29(27,28)23(3)15-7-5-4-6-8-15/h9-13,15H,4-8H2,1-3H3,(H,20,25)(H,21,24)(H,22,26). The third kappa shape index (κ3) is 6.01. The molecule has 29 heavy (non-hydrogen) atoms. The van der Waals surface area contributed by atoms with Gasteiger partial charge in [0, 0.05) is 24.7 Å². The molecular formula is C19H28N4O5S. The second-order valence-electron chi connectivity index (χ2n) is 7.37. The second kappa shape index (κ2) is 9.84. The number of carbonyl (C=O) groups is 3. The van der Waals surface area contributed by atoms with Crippen molar-refractivity contribution in [3.8, 4) is 0 Å². The predicted molar refractivity (Wildman–Crippen MR) is 107 cm³/mol. The van der Waals surface area contributed by atoms with Gasteiger partial charge in [0.25, 0.3) is 5.91 Å². The maximum atomic E-state index is 12.8. The Morgan fingerprint density at radius 3 is 2.10 bits per heavy atom. The summed E-state index contributed by atoms with van der Waals surface area (Å²) in [5.74, 6) is -2.53. The number of nitrogens with one attached hydrogen (secondary N) is 3. The SMILES string of the molecule is CC(C)NC(=O)C(=O)NNC(=O)c1ccc(S(=O)(=O)N(C)C2CCCCC2)cc1. The van der Waals surface area contributed by atoms with Crippen molar-refractivity contribution in [2.24, 2.45) is 0 Å². The molecule has 0 heterocycles. The van der Waals surface area contributed by atoms with Crippen LogP contribution in [0.4, 0.5) is 0 Å². The van der Waals surface area contributed by atoms with Gasteiger partial charge in [-0.1, -0.05) is 19.3 Å². The Morgan fingerprint density at radius 2 is 1.55 bits per heavy atom. The summed E-state index contributed by atoms with van der Waals surface area (Å²) in [5, 5.41) is 2.39. The number of amides is 3. The number of rotatable bonds is 5. The van der Waals surface area contributed by atoms with E-state index in [1.165, 1.54) is 28.6 Å². The van der Waals surface area contributed by atoms with Crippen molar-refractivity contribution >= 4 is 27.7 Å². The maximum absolute atomic E-state index is 12.8. The lowest BCUT2D eigenvalue weighted by molar-refractivity contribution is -0.139. The van der Waals surface area contributed by atoms with Gasteiger partial charge in [-0.15, -0.1) is 0 Å². The molecule has 1 aliphatic rings. The van der Waals surface area contributed by atoms with Crippen LogP contribution in [-0.2, 0) is 19.6 Å². The van der Waals surface area contributed by atoms with Crippen LogP contribution < -0.4 is 16.2 Å². The lowest BCUT2D eigenvalue weighted by atomic mass is 9.96. The molecule has 3 amide bonds. The van der Waals surface area contributed by atoms with E-state index in [4.69, 9.17) is 0 Å². The van der Waals surface area contributed by atoms with E-state index in [1.807, 2.05) is 5.43 Å². The summed E-state index contributed by atoms with van der Waals surface area (Å²) < 4.78 is 27.0. The van der Waals surface area contributed by atoms with E-state index in [0.717, 1.165) is 32.1 Å². The molecule has 0 radical (unpaired) electrons.